The van der Waals surface area contributed by atoms with Crippen LogP contribution in [0.1, 0.15) is 31.0 Å². The highest BCUT2D eigenvalue weighted by atomic mass is 35.5. The molecule has 1 heterocycles. The summed E-state index contributed by atoms with van der Waals surface area (Å²) >= 11 is 13.7. The highest BCUT2D eigenvalue weighted by Crippen LogP contribution is 2.25. The molecule has 4 heteroatoms. The van der Waals surface area contributed by atoms with Gasteiger partial charge in [0.1, 0.15) is 0 Å². The molecule has 0 spiro atoms. The molecular weight excluding hydrogens is 297 g/mol. The molecule has 0 radical (unpaired) electrons. The van der Waals surface area contributed by atoms with E-state index in [1.165, 1.54) is 11.1 Å². The van der Waals surface area contributed by atoms with Crippen molar-refractivity contribution in [2.75, 3.05) is 0 Å². The minimum Gasteiger partial charge on any atom is -0.307 e. The lowest BCUT2D eigenvalue weighted by atomic mass is 10.1. The Balaban J connectivity index is 1.94. The van der Waals surface area contributed by atoms with Gasteiger partial charge in [0.05, 0.1) is 4.34 Å². The number of nitrogens with one attached hydrogen (secondary N) is 1. The van der Waals surface area contributed by atoms with Gasteiger partial charge in [-0.1, -0.05) is 41.4 Å². The SMILES string of the molecule is CC(Cc1ccccc1Cl)NC(C)c1csc(Cl)c1. The zero-order chi connectivity index (χ0) is 13.8. The van der Waals surface area contributed by atoms with Crippen molar-refractivity contribution in [1.29, 1.82) is 0 Å². The van der Waals surface area contributed by atoms with E-state index in [1.54, 1.807) is 11.3 Å². The Morgan fingerprint density at radius 2 is 1.95 bits per heavy atom. The summed E-state index contributed by atoms with van der Waals surface area (Å²) in [5.41, 5.74) is 2.42. The zero-order valence-electron chi connectivity index (χ0n) is 11.0. The summed E-state index contributed by atoms with van der Waals surface area (Å²) in [5.74, 6) is 0. The first kappa shape index (κ1) is 14.9. The average molecular weight is 314 g/mol. The van der Waals surface area contributed by atoms with Crippen LogP contribution in [-0.4, -0.2) is 6.04 Å². The van der Waals surface area contributed by atoms with E-state index in [9.17, 15) is 0 Å². The van der Waals surface area contributed by atoms with E-state index in [2.05, 4.69) is 30.6 Å². The van der Waals surface area contributed by atoms with Crippen LogP contribution >= 0.6 is 34.5 Å². The third kappa shape index (κ3) is 4.22. The Morgan fingerprint density at radius 1 is 1.21 bits per heavy atom. The molecule has 19 heavy (non-hydrogen) atoms. The normalized spacial score (nSPS) is 14.3. The van der Waals surface area contributed by atoms with Crippen LogP contribution in [0.15, 0.2) is 35.7 Å². The fraction of sp³-hybridized carbons (Fsp3) is 0.333. The maximum atomic E-state index is 6.18. The summed E-state index contributed by atoms with van der Waals surface area (Å²) < 4.78 is 0.836. The minimum atomic E-state index is 0.293. The molecule has 2 aromatic rings. The van der Waals surface area contributed by atoms with Gasteiger partial charge in [-0.25, -0.2) is 0 Å². The zero-order valence-corrected chi connectivity index (χ0v) is 13.3. The van der Waals surface area contributed by atoms with E-state index in [0.29, 0.717) is 12.1 Å². The van der Waals surface area contributed by atoms with Gasteiger partial charge in [0.2, 0.25) is 0 Å². The van der Waals surface area contributed by atoms with Crippen LogP contribution in [0.5, 0.6) is 0 Å². The number of rotatable bonds is 5. The monoisotopic (exact) mass is 313 g/mol. The first-order valence-corrected chi connectivity index (χ1v) is 7.93. The molecule has 0 amide bonds. The Bertz CT molecular complexity index is 538. The van der Waals surface area contributed by atoms with Crippen molar-refractivity contribution >= 4 is 34.5 Å². The van der Waals surface area contributed by atoms with Gasteiger partial charge in [0.15, 0.2) is 0 Å². The van der Waals surface area contributed by atoms with Crippen LogP contribution in [0.3, 0.4) is 0 Å². The van der Waals surface area contributed by atoms with Crippen molar-refractivity contribution in [2.45, 2.75) is 32.4 Å². The molecule has 2 rings (SSSR count). The summed E-state index contributed by atoms with van der Waals surface area (Å²) in [6, 6.07) is 10.7. The van der Waals surface area contributed by atoms with E-state index in [4.69, 9.17) is 23.2 Å². The van der Waals surface area contributed by atoms with Crippen LogP contribution in [0.25, 0.3) is 0 Å². The first-order chi connectivity index (χ1) is 9.06. The second kappa shape index (κ2) is 6.76. The Labute approximate surface area is 128 Å². The number of benzene rings is 1. The largest absolute Gasteiger partial charge is 0.307 e. The van der Waals surface area contributed by atoms with Crippen molar-refractivity contribution in [3.63, 3.8) is 0 Å². The third-order valence-corrected chi connectivity index (χ3v) is 4.58. The third-order valence-electron chi connectivity index (χ3n) is 3.11. The first-order valence-electron chi connectivity index (χ1n) is 6.29. The van der Waals surface area contributed by atoms with Crippen molar-refractivity contribution < 1.29 is 0 Å². The van der Waals surface area contributed by atoms with E-state index >= 15 is 0 Å². The Morgan fingerprint density at radius 3 is 2.58 bits per heavy atom. The lowest BCUT2D eigenvalue weighted by molar-refractivity contribution is 0.478. The van der Waals surface area contributed by atoms with Gasteiger partial charge >= 0.3 is 0 Å². The lowest BCUT2D eigenvalue weighted by Gasteiger charge is -2.20. The van der Waals surface area contributed by atoms with Gasteiger partial charge in [-0.15, -0.1) is 11.3 Å². The molecule has 1 aromatic heterocycles. The highest BCUT2D eigenvalue weighted by Gasteiger charge is 2.12. The van der Waals surface area contributed by atoms with Gasteiger partial charge in [0.25, 0.3) is 0 Å². The number of hydrogen-bond acceptors (Lipinski definition) is 2. The molecule has 0 saturated heterocycles. The maximum Gasteiger partial charge on any atom is 0.0931 e. The summed E-state index contributed by atoms with van der Waals surface area (Å²) in [4.78, 5) is 0. The molecule has 0 fully saturated rings. The topological polar surface area (TPSA) is 12.0 Å². The summed E-state index contributed by atoms with van der Waals surface area (Å²) in [5, 5.41) is 6.51. The van der Waals surface area contributed by atoms with Crippen LogP contribution in [0.2, 0.25) is 9.36 Å². The molecule has 0 saturated carbocycles. The van der Waals surface area contributed by atoms with E-state index < -0.39 is 0 Å². The second-order valence-corrected chi connectivity index (χ2v) is 6.72. The average Bonchev–Trinajstić information content (AvgIpc) is 2.79. The number of halogens is 2. The van der Waals surface area contributed by atoms with Gasteiger partial charge in [-0.3, -0.25) is 0 Å². The lowest BCUT2D eigenvalue weighted by Crippen LogP contribution is -2.30. The molecule has 1 aromatic carbocycles. The Kier molecular flexibility index (Phi) is 5.28. The molecule has 0 aliphatic heterocycles. The molecule has 1 nitrogen and oxygen atoms in total. The highest BCUT2D eigenvalue weighted by molar-refractivity contribution is 7.14. The summed E-state index contributed by atoms with van der Waals surface area (Å²) in [6.07, 6.45) is 0.919. The summed E-state index contributed by atoms with van der Waals surface area (Å²) in [7, 11) is 0. The smallest absolute Gasteiger partial charge is 0.0931 e. The van der Waals surface area contributed by atoms with E-state index in [-0.39, 0.29) is 0 Å². The van der Waals surface area contributed by atoms with Gasteiger partial charge in [0, 0.05) is 17.1 Å². The maximum absolute atomic E-state index is 6.18. The molecule has 0 aliphatic carbocycles. The predicted molar refractivity (Wildman–Crippen MR) is 85.5 cm³/mol. The van der Waals surface area contributed by atoms with Crippen molar-refractivity contribution in [3.8, 4) is 0 Å². The fourth-order valence-electron chi connectivity index (χ4n) is 2.13. The van der Waals surface area contributed by atoms with Crippen LogP contribution in [-0.2, 0) is 6.42 Å². The summed E-state index contributed by atoms with van der Waals surface area (Å²) in [6.45, 7) is 4.33. The fourth-order valence-corrected chi connectivity index (χ4v) is 3.32. The number of hydrogen-bond donors (Lipinski definition) is 1. The second-order valence-electron chi connectivity index (χ2n) is 4.77. The molecule has 2 atom stereocenters. The van der Waals surface area contributed by atoms with Crippen molar-refractivity contribution in [2.24, 2.45) is 0 Å². The minimum absolute atomic E-state index is 0.293. The predicted octanol–water partition coefficient (Wildman–Crippen LogP) is 5.34. The van der Waals surface area contributed by atoms with Crippen molar-refractivity contribution in [1.82, 2.24) is 5.32 Å². The molecule has 2 unspecified atom stereocenters. The molecular formula is C15H17Cl2NS. The van der Waals surface area contributed by atoms with Gasteiger partial charge < -0.3 is 5.32 Å². The van der Waals surface area contributed by atoms with Gasteiger partial charge in [-0.2, -0.15) is 0 Å². The van der Waals surface area contributed by atoms with Gasteiger partial charge in [-0.05, 0) is 48.9 Å². The van der Waals surface area contributed by atoms with E-state index in [0.717, 1.165) is 15.8 Å². The standard InChI is InChI=1S/C15H17Cl2NS/c1-10(7-12-5-3-4-6-14(12)16)18-11(2)13-8-15(17)19-9-13/h3-6,8-11,18H,7H2,1-2H3. The quantitative estimate of drug-likeness (QED) is 0.786. The van der Waals surface area contributed by atoms with Crippen LogP contribution in [0.4, 0.5) is 0 Å². The van der Waals surface area contributed by atoms with E-state index in [1.807, 2.05) is 24.3 Å². The number of thiophene rings is 1. The molecule has 1 N–H and O–H groups in total. The Hall–Kier alpha value is -0.540. The molecule has 0 bridgehead atoms. The molecule has 0 aliphatic rings. The molecule has 102 valence electrons. The van der Waals surface area contributed by atoms with Crippen molar-refractivity contribution in [3.05, 3.63) is 56.2 Å². The van der Waals surface area contributed by atoms with Crippen LogP contribution < -0.4 is 5.32 Å². The van der Waals surface area contributed by atoms with Crippen LogP contribution in [0, 0.1) is 0 Å².